The van der Waals surface area contributed by atoms with E-state index in [0.717, 1.165) is 0 Å². The van der Waals surface area contributed by atoms with Crippen molar-refractivity contribution in [1.29, 1.82) is 0 Å². The first kappa shape index (κ1) is 12.4. The Morgan fingerprint density at radius 1 is 1.22 bits per heavy atom. The Morgan fingerprint density at radius 3 is 2.39 bits per heavy atom. The SMILES string of the molecule is NCc1cn(-c2ccc(OC(F)(F)F)cc2)cn1. The van der Waals surface area contributed by atoms with E-state index in [9.17, 15) is 13.2 Å². The molecule has 0 atom stereocenters. The Bertz CT molecular complexity index is 519. The van der Waals surface area contributed by atoms with Gasteiger partial charge in [0.05, 0.1) is 12.0 Å². The number of ether oxygens (including phenoxy) is 1. The fourth-order valence-corrected chi connectivity index (χ4v) is 1.43. The standard InChI is InChI=1S/C11H10F3N3O/c12-11(13,14)18-10-3-1-9(2-4-10)17-6-8(5-15)16-7-17/h1-4,6-7H,5,15H2. The molecule has 0 radical (unpaired) electrons. The Balaban J connectivity index is 2.17. The number of nitrogens with two attached hydrogens (primary N) is 1. The predicted octanol–water partition coefficient (Wildman–Crippen LogP) is 2.23. The first-order valence-electron chi connectivity index (χ1n) is 5.07. The smallest absolute Gasteiger partial charge is 0.406 e. The number of nitrogens with zero attached hydrogens (tertiary/aromatic N) is 2. The van der Waals surface area contributed by atoms with Crippen molar-refractivity contribution in [3.63, 3.8) is 0 Å². The minimum absolute atomic E-state index is 0.259. The van der Waals surface area contributed by atoms with Gasteiger partial charge in [-0.1, -0.05) is 0 Å². The minimum Gasteiger partial charge on any atom is -0.406 e. The van der Waals surface area contributed by atoms with Crippen LogP contribution in [0.15, 0.2) is 36.8 Å². The third-order valence-corrected chi connectivity index (χ3v) is 2.21. The molecule has 0 amide bonds. The lowest BCUT2D eigenvalue weighted by molar-refractivity contribution is -0.274. The van der Waals surface area contributed by atoms with E-state index < -0.39 is 6.36 Å². The van der Waals surface area contributed by atoms with Gasteiger partial charge in [0.1, 0.15) is 5.75 Å². The molecule has 2 rings (SSSR count). The molecule has 7 heteroatoms. The van der Waals surface area contributed by atoms with Gasteiger partial charge >= 0.3 is 6.36 Å². The number of hydrogen-bond donors (Lipinski definition) is 1. The average molecular weight is 257 g/mol. The van der Waals surface area contributed by atoms with Crippen LogP contribution in [0, 0.1) is 0 Å². The number of rotatable bonds is 3. The van der Waals surface area contributed by atoms with E-state index in [1.165, 1.54) is 24.3 Å². The lowest BCUT2D eigenvalue weighted by Gasteiger charge is -2.09. The maximum atomic E-state index is 12.0. The quantitative estimate of drug-likeness (QED) is 0.917. The topological polar surface area (TPSA) is 53.1 Å². The monoisotopic (exact) mass is 257 g/mol. The lowest BCUT2D eigenvalue weighted by atomic mass is 10.3. The molecular formula is C11H10F3N3O. The van der Waals surface area contributed by atoms with Crippen LogP contribution in [-0.2, 0) is 6.54 Å². The van der Waals surface area contributed by atoms with E-state index in [2.05, 4.69) is 9.72 Å². The molecule has 1 aromatic carbocycles. The van der Waals surface area contributed by atoms with Crippen LogP contribution in [0.3, 0.4) is 0 Å². The van der Waals surface area contributed by atoms with Crippen molar-refractivity contribution in [2.24, 2.45) is 5.73 Å². The van der Waals surface area contributed by atoms with Crippen LogP contribution in [0.25, 0.3) is 5.69 Å². The molecule has 0 aliphatic carbocycles. The lowest BCUT2D eigenvalue weighted by Crippen LogP contribution is -2.17. The van der Waals surface area contributed by atoms with Gasteiger partial charge in [-0.05, 0) is 24.3 Å². The molecular weight excluding hydrogens is 247 g/mol. The number of imidazole rings is 1. The zero-order valence-electron chi connectivity index (χ0n) is 9.19. The highest BCUT2D eigenvalue weighted by Crippen LogP contribution is 2.23. The Morgan fingerprint density at radius 2 is 1.89 bits per heavy atom. The van der Waals surface area contributed by atoms with Crippen LogP contribution >= 0.6 is 0 Å². The second kappa shape index (κ2) is 4.69. The van der Waals surface area contributed by atoms with E-state index in [1.54, 1.807) is 17.1 Å². The molecule has 0 saturated carbocycles. The zero-order valence-corrected chi connectivity index (χ0v) is 9.19. The van der Waals surface area contributed by atoms with Crippen molar-refractivity contribution < 1.29 is 17.9 Å². The largest absolute Gasteiger partial charge is 0.573 e. The molecule has 0 unspecified atom stereocenters. The van der Waals surface area contributed by atoms with Gasteiger partial charge in [-0.15, -0.1) is 13.2 Å². The highest BCUT2D eigenvalue weighted by molar-refractivity contribution is 5.37. The zero-order chi connectivity index (χ0) is 13.2. The molecule has 1 heterocycles. The van der Waals surface area contributed by atoms with E-state index in [1.807, 2.05) is 0 Å². The summed E-state index contributed by atoms with van der Waals surface area (Å²) in [6, 6.07) is 5.49. The Hall–Kier alpha value is -2.02. The number of halogens is 3. The summed E-state index contributed by atoms with van der Waals surface area (Å²) in [6.45, 7) is 0.308. The first-order chi connectivity index (χ1) is 8.48. The van der Waals surface area contributed by atoms with Gasteiger partial charge < -0.3 is 15.0 Å². The van der Waals surface area contributed by atoms with Crippen LogP contribution in [0.2, 0.25) is 0 Å². The predicted molar refractivity (Wildman–Crippen MR) is 58.1 cm³/mol. The van der Waals surface area contributed by atoms with Crippen molar-refractivity contribution in [1.82, 2.24) is 9.55 Å². The Labute approximate surface area is 101 Å². The van der Waals surface area contributed by atoms with Gasteiger partial charge in [-0.3, -0.25) is 0 Å². The first-order valence-corrected chi connectivity index (χ1v) is 5.07. The molecule has 18 heavy (non-hydrogen) atoms. The number of aromatic nitrogens is 2. The summed E-state index contributed by atoms with van der Waals surface area (Å²) in [5, 5.41) is 0. The molecule has 2 aromatic rings. The maximum Gasteiger partial charge on any atom is 0.573 e. The molecule has 4 nitrogen and oxygen atoms in total. The summed E-state index contributed by atoms with van der Waals surface area (Å²) in [4.78, 5) is 4.02. The molecule has 2 N–H and O–H groups in total. The van der Waals surface area contributed by atoms with E-state index in [-0.39, 0.29) is 5.75 Å². The summed E-state index contributed by atoms with van der Waals surface area (Å²) in [7, 11) is 0. The second-order valence-electron chi connectivity index (χ2n) is 3.52. The normalized spacial score (nSPS) is 11.6. The number of benzene rings is 1. The summed E-state index contributed by atoms with van der Waals surface area (Å²) >= 11 is 0. The van der Waals surface area contributed by atoms with Gasteiger partial charge in [0.2, 0.25) is 0 Å². The molecule has 0 fully saturated rings. The molecule has 0 bridgehead atoms. The van der Waals surface area contributed by atoms with Crippen LogP contribution in [-0.4, -0.2) is 15.9 Å². The summed E-state index contributed by atoms with van der Waals surface area (Å²) < 4.78 is 41.3. The highest BCUT2D eigenvalue weighted by Gasteiger charge is 2.30. The summed E-state index contributed by atoms with van der Waals surface area (Å²) in [5.41, 5.74) is 6.79. The third-order valence-electron chi connectivity index (χ3n) is 2.21. The molecule has 0 spiro atoms. The fourth-order valence-electron chi connectivity index (χ4n) is 1.43. The fraction of sp³-hybridized carbons (Fsp3) is 0.182. The van der Waals surface area contributed by atoms with Gasteiger partial charge in [-0.2, -0.15) is 0 Å². The Kier molecular flexibility index (Phi) is 3.24. The van der Waals surface area contributed by atoms with Gasteiger partial charge in [0.25, 0.3) is 0 Å². The van der Waals surface area contributed by atoms with Crippen LogP contribution in [0.5, 0.6) is 5.75 Å². The van der Waals surface area contributed by atoms with Crippen LogP contribution in [0.4, 0.5) is 13.2 Å². The summed E-state index contributed by atoms with van der Waals surface area (Å²) in [5.74, 6) is -0.259. The van der Waals surface area contributed by atoms with E-state index in [0.29, 0.717) is 17.9 Å². The molecule has 0 aliphatic heterocycles. The minimum atomic E-state index is -4.68. The third kappa shape index (κ3) is 3.01. The van der Waals surface area contributed by atoms with Crippen LogP contribution in [0.1, 0.15) is 5.69 Å². The highest BCUT2D eigenvalue weighted by atomic mass is 19.4. The van der Waals surface area contributed by atoms with Crippen molar-refractivity contribution in [2.75, 3.05) is 0 Å². The van der Waals surface area contributed by atoms with Crippen molar-refractivity contribution >= 4 is 0 Å². The summed E-state index contributed by atoms with van der Waals surface area (Å²) in [6.07, 6.45) is -1.43. The van der Waals surface area contributed by atoms with Crippen LogP contribution < -0.4 is 10.5 Å². The van der Waals surface area contributed by atoms with Crippen molar-refractivity contribution in [2.45, 2.75) is 12.9 Å². The second-order valence-corrected chi connectivity index (χ2v) is 3.52. The van der Waals surface area contributed by atoms with Gasteiger partial charge in [0.15, 0.2) is 0 Å². The molecule has 1 aromatic heterocycles. The molecule has 0 saturated heterocycles. The number of alkyl halides is 3. The van der Waals surface area contributed by atoms with Crippen molar-refractivity contribution in [3.05, 3.63) is 42.5 Å². The van der Waals surface area contributed by atoms with E-state index in [4.69, 9.17) is 5.73 Å². The van der Waals surface area contributed by atoms with E-state index >= 15 is 0 Å². The average Bonchev–Trinajstić information content (AvgIpc) is 2.76. The maximum absolute atomic E-state index is 12.0. The molecule has 0 aliphatic rings. The van der Waals surface area contributed by atoms with Gasteiger partial charge in [-0.25, -0.2) is 4.98 Å². The number of hydrogen-bond acceptors (Lipinski definition) is 3. The van der Waals surface area contributed by atoms with Crippen molar-refractivity contribution in [3.8, 4) is 11.4 Å². The van der Waals surface area contributed by atoms with Gasteiger partial charge in [0, 0.05) is 18.4 Å². The molecule has 96 valence electrons.